The Kier molecular flexibility index (Phi) is 4.04. The quantitative estimate of drug-likeness (QED) is 0.834. The van der Waals surface area contributed by atoms with Gasteiger partial charge in [-0.3, -0.25) is 0 Å². The summed E-state index contributed by atoms with van der Waals surface area (Å²) in [7, 11) is 7.51. The van der Waals surface area contributed by atoms with Gasteiger partial charge in [0.2, 0.25) is 6.79 Å². The number of likely N-dealkylation sites (N-methyl/N-ethyl adjacent to an activating group) is 1. The Balaban J connectivity index is 2.13. The lowest BCUT2D eigenvalue weighted by Crippen LogP contribution is -2.26. The molecule has 2 aromatic rings. The molecule has 26 heavy (non-hydrogen) atoms. The number of nitrogens with zero attached hydrogens (tertiary/aromatic N) is 1. The molecule has 0 saturated carbocycles. The van der Waals surface area contributed by atoms with E-state index >= 15 is 0 Å². The monoisotopic (exact) mass is 353 g/mol. The van der Waals surface area contributed by atoms with Gasteiger partial charge in [0.25, 0.3) is 0 Å². The van der Waals surface area contributed by atoms with Crippen molar-refractivity contribution in [2.24, 2.45) is 0 Å². The van der Waals surface area contributed by atoms with Crippen molar-refractivity contribution in [3.63, 3.8) is 0 Å². The van der Waals surface area contributed by atoms with E-state index < -0.39 is 0 Å². The Morgan fingerprint density at radius 1 is 1.15 bits per heavy atom. The second-order valence-corrected chi connectivity index (χ2v) is 6.71. The standard InChI is InChI=1S/C21H23NO4/c1-6-12-10-16-21(26-11-25-16)19-17(12)14(22(2)3)9-13-7-8-15(23-4)20(24-5)18(13)19/h6-8,10,14H,1,9,11H2,2-5H3. The van der Waals surface area contributed by atoms with E-state index in [1.54, 1.807) is 14.2 Å². The van der Waals surface area contributed by atoms with E-state index in [1.807, 2.05) is 18.2 Å². The summed E-state index contributed by atoms with van der Waals surface area (Å²) in [5.74, 6) is 2.94. The number of ether oxygens (including phenoxy) is 4. The van der Waals surface area contributed by atoms with E-state index in [4.69, 9.17) is 18.9 Å². The van der Waals surface area contributed by atoms with Gasteiger partial charge in [0.1, 0.15) is 0 Å². The molecule has 0 spiro atoms. The van der Waals surface area contributed by atoms with Crippen molar-refractivity contribution in [2.75, 3.05) is 35.1 Å². The van der Waals surface area contributed by atoms with Gasteiger partial charge in [0.15, 0.2) is 23.0 Å². The van der Waals surface area contributed by atoms with Crippen LogP contribution in [0, 0.1) is 0 Å². The molecule has 0 aromatic heterocycles. The molecule has 5 heteroatoms. The van der Waals surface area contributed by atoms with Crippen molar-refractivity contribution in [3.8, 4) is 34.1 Å². The molecule has 0 fully saturated rings. The maximum Gasteiger partial charge on any atom is 0.231 e. The van der Waals surface area contributed by atoms with Crippen molar-refractivity contribution in [2.45, 2.75) is 12.5 Å². The van der Waals surface area contributed by atoms with Crippen LogP contribution in [0.15, 0.2) is 24.8 Å². The smallest absolute Gasteiger partial charge is 0.231 e. The maximum atomic E-state index is 5.88. The zero-order chi connectivity index (χ0) is 18.4. The van der Waals surface area contributed by atoms with Gasteiger partial charge >= 0.3 is 0 Å². The molecule has 0 amide bonds. The summed E-state index contributed by atoms with van der Waals surface area (Å²) < 4.78 is 22.9. The molecule has 1 atom stereocenters. The SMILES string of the molecule is C=Cc1cc2c(c3c1C(N(C)C)Cc1ccc(OC)c(OC)c1-3)OCO2. The normalized spacial score (nSPS) is 16.9. The number of hydrogen-bond donors (Lipinski definition) is 0. The highest BCUT2D eigenvalue weighted by Crippen LogP contribution is 2.56. The summed E-state index contributed by atoms with van der Waals surface area (Å²) in [4.78, 5) is 2.23. The first-order valence-corrected chi connectivity index (χ1v) is 8.60. The fraction of sp³-hybridized carbons (Fsp3) is 0.333. The van der Waals surface area contributed by atoms with Gasteiger partial charge in [0, 0.05) is 17.2 Å². The fourth-order valence-corrected chi connectivity index (χ4v) is 4.02. The van der Waals surface area contributed by atoms with Gasteiger partial charge in [-0.15, -0.1) is 0 Å². The average Bonchev–Trinajstić information content (AvgIpc) is 3.13. The molecule has 136 valence electrons. The summed E-state index contributed by atoms with van der Waals surface area (Å²) >= 11 is 0. The molecule has 0 bridgehead atoms. The zero-order valence-electron chi connectivity index (χ0n) is 15.6. The van der Waals surface area contributed by atoms with E-state index in [0.717, 1.165) is 40.4 Å². The predicted octanol–water partition coefficient (Wildman–Crippen LogP) is 3.90. The molecule has 1 heterocycles. The van der Waals surface area contributed by atoms with Crippen LogP contribution in [0.4, 0.5) is 0 Å². The molecule has 0 saturated heterocycles. The van der Waals surface area contributed by atoms with Gasteiger partial charge in [-0.25, -0.2) is 0 Å². The molecular weight excluding hydrogens is 330 g/mol. The third kappa shape index (κ3) is 2.27. The van der Waals surface area contributed by atoms with Gasteiger partial charge in [-0.1, -0.05) is 18.7 Å². The minimum Gasteiger partial charge on any atom is -0.493 e. The predicted molar refractivity (Wildman–Crippen MR) is 101 cm³/mol. The van der Waals surface area contributed by atoms with Gasteiger partial charge in [0.05, 0.1) is 14.2 Å². The summed E-state index contributed by atoms with van der Waals surface area (Å²) in [6, 6.07) is 6.30. The van der Waals surface area contributed by atoms with Crippen LogP contribution in [-0.4, -0.2) is 40.0 Å². The molecule has 2 aliphatic rings. The lowest BCUT2D eigenvalue weighted by molar-refractivity contribution is 0.174. The van der Waals surface area contributed by atoms with Crippen LogP contribution in [0.25, 0.3) is 17.2 Å². The van der Waals surface area contributed by atoms with Crippen molar-refractivity contribution in [3.05, 3.63) is 41.5 Å². The van der Waals surface area contributed by atoms with Crippen LogP contribution in [0.2, 0.25) is 0 Å². The van der Waals surface area contributed by atoms with Gasteiger partial charge in [-0.05, 0) is 49.3 Å². The fourth-order valence-electron chi connectivity index (χ4n) is 4.02. The molecule has 1 aliphatic heterocycles. The van der Waals surface area contributed by atoms with Crippen molar-refractivity contribution in [1.82, 2.24) is 4.90 Å². The summed E-state index contributed by atoms with van der Waals surface area (Å²) in [6.07, 6.45) is 2.76. The second kappa shape index (κ2) is 6.25. The van der Waals surface area contributed by atoms with E-state index in [2.05, 4.69) is 31.6 Å². The van der Waals surface area contributed by atoms with E-state index in [9.17, 15) is 0 Å². The minimum absolute atomic E-state index is 0.207. The third-order valence-electron chi connectivity index (χ3n) is 5.21. The molecule has 0 radical (unpaired) electrons. The number of benzene rings is 2. The largest absolute Gasteiger partial charge is 0.493 e. The highest BCUT2D eigenvalue weighted by atomic mass is 16.7. The van der Waals surface area contributed by atoms with Crippen LogP contribution in [0.5, 0.6) is 23.0 Å². The highest BCUT2D eigenvalue weighted by molar-refractivity contribution is 5.90. The minimum atomic E-state index is 0.207. The Bertz CT molecular complexity index is 888. The van der Waals surface area contributed by atoms with Crippen LogP contribution < -0.4 is 18.9 Å². The molecule has 1 aliphatic carbocycles. The summed E-state index contributed by atoms with van der Waals surface area (Å²) in [6.45, 7) is 4.24. The molecular formula is C21H23NO4. The number of fused-ring (bicyclic) bond motifs is 5. The lowest BCUT2D eigenvalue weighted by Gasteiger charge is -2.35. The number of hydrogen-bond acceptors (Lipinski definition) is 5. The number of rotatable bonds is 4. The van der Waals surface area contributed by atoms with Crippen molar-refractivity contribution < 1.29 is 18.9 Å². The molecule has 0 N–H and O–H groups in total. The Morgan fingerprint density at radius 2 is 1.96 bits per heavy atom. The van der Waals surface area contributed by atoms with Crippen molar-refractivity contribution >= 4 is 6.08 Å². The topological polar surface area (TPSA) is 40.2 Å². The van der Waals surface area contributed by atoms with Crippen LogP contribution >= 0.6 is 0 Å². The van der Waals surface area contributed by atoms with Gasteiger partial charge in [-0.2, -0.15) is 0 Å². The maximum absolute atomic E-state index is 5.88. The number of methoxy groups -OCH3 is 2. The highest BCUT2D eigenvalue weighted by Gasteiger charge is 2.36. The molecule has 5 nitrogen and oxygen atoms in total. The third-order valence-corrected chi connectivity index (χ3v) is 5.21. The Hall–Kier alpha value is -2.66. The zero-order valence-corrected chi connectivity index (χ0v) is 15.6. The molecule has 1 unspecified atom stereocenters. The van der Waals surface area contributed by atoms with Gasteiger partial charge < -0.3 is 23.8 Å². The first kappa shape index (κ1) is 16.8. The van der Waals surface area contributed by atoms with Crippen LogP contribution in [0.1, 0.15) is 22.7 Å². The van der Waals surface area contributed by atoms with E-state index in [1.165, 1.54) is 11.1 Å². The van der Waals surface area contributed by atoms with Crippen molar-refractivity contribution in [1.29, 1.82) is 0 Å². The average molecular weight is 353 g/mol. The Morgan fingerprint density at radius 3 is 2.62 bits per heavy atom. The van der Waals surface area contributed by atoms with E-state index in [0.29, 0.717) is 5.75 Å². The Labute approximate surface area is 153 Å². The van der Waals surface area contributed by atoms with Crippen LogP contribution in [0.3, 0.4) is 0 Å². The summed E-state index contributed by atoms with van der Waals surface area (Å²) in [5, 5.41) is 0. The first-order valence-electron chi connectivity index (χ1n) is 8.60. The second-order valence-electron chi connectivity index (χ2n) is 6.71. The lowest BCUT2D eigenvalue weighted by atomic mass is 9.78. The molecule has 2 aromatic carbocycles. The molecule has 4 rings (SSSR count). The summed E-state index contributed by atoms with van der Waals surface area (Å²) in [5.41, 5.74) is 5.48. The first-order chi connectivity index (χ1) is 12.6. The van der Waals surface area contributed by atoms with E-state index in [-0.39, 0.29) is 12.8 Å². The van der Waals surface area contributed by atoms with Crippen LogP contribution in [-0.2, 0) is 6.42 Å².